The molecule has 1 aromatic heterocycles. The van der Waals surface area contributed by atoms with Gasteiger partial charge in [0.2, 0.25) is 0 Å². The molecule has 1 aromatic carbocycles. The molecule has 1 atom stereocenters. The van der Waals surface area contributed by atoms with E-state index < -0.39 is 11.6 Å². The third-order valence-corrected chi connectivity index (χ3v) is 5.04. The van der Waals surface area contributed by atoms with Crippen LogP contribution in [0.3, 0.4) is 0 Å². The van der Waals surface area contributed by atoms with E-state index in [9.17, 15) is 8.78 Å². The van der Waals surface area contributed by atoms with Crippen LogP contribution in [0.2, 0.25) is 0 Å². The van der Waals surface area contributed by atoms with Gasteiger partial charge in [-0.05, 0) is 41.5 Å². The number of benzene rings is 1. The Morgan fingerprint density at radius 2 is 2.05 bits per heavy atom. The minimum atomic E-state index is -0.556. The molecule has 2 aromatic rings. The molecule has 0 saturated carbocycles. The van der Waals surface area contributed by atoms with Crippen molar-refractivity contribution in [2.24, 2.45) is 0 Å². The predicted octanol–water partition coefficient (Wildman–Crippen LogP) is 4.80. The number of nitrogens with one attached hydrogen (secondary N) is 1. The molecule has 0 bridgehead atoms. The van der Waals surface area contributed by atoms with Crippen molar-refractivity contribution in [1.29, 1.82) is 0 Å². The van der Waals surface area contributed by atoms with E-state index in [0.29, 0.717) is 12.1 Å². The Morgan fingerprint density at radius 1 is 1.32 bits per heavy atom. The van der Waals surface area contributed by atoms with Crippen LogP contribution >= 0.6 is 27.3 Å². The van der Waals surface area contributed by atoms with Gasteiger partial charge in [0.05, 0.1) is 6.04 Å². The quantitative estimate of drug-likeness (QED) is 0.839. The van der Waals surface area contributed by atoms with Gasteiger partial charge in [0.1, 0.15) is 11.6 Å². The topological polar surface area (TPSA) is 12.0 Å². The van der Waals surface area contributed by atoms with Gasteiger partial charge in [0.15, 0.2) is 0 Å². The predicted molar refractivity (Wildman–Crippen MR) is 78.6 cm³/mol. The second kappa shape index (κ2) is 6.11. The first-order valence-corrected chi connectivity index (χ1v) is 7.58. The number of halogens is 3. The van der Waals surface area contributed by atoms with Crippen molar-refractivity contribution in [1.82, 2.24) is 5.32 Å². The normalized spacial score (nSPS) is 12.7. The molecule has 1 N–H and O–H groups in total. The van der Waals surface area contributed by atoms with Crippen molar-refractivity contribution in [2.45, 2.75) is 19.9 Å². The molecule has 0 fully saturated rings. The molecule has 0 saturated heterocycles. The number of aryl methyl sites for hydroxylation is 1. The maximum atomic E-state index is 13.9. The lowest BCUT2D eigenvalue weighted by atomic mass is 10.0. The molecule has 0 spiro atoms. The van der Waals surface area contributed by atoms with E-state index in [1.165, 1.54) is 12.1 Å². The summed E-state index contributed by atoms with van der Waals surface area (Å²) in [6.07, 6.45) is 0. The molecule has 1 unspecified atom stereocenters. The van der Waals surface area contributed by atoms with Gasteiger partial charge >= 0.3 is 0 Å². The molecule has 5 heteroatoms. The second-order valence-corrected chi connectivity index (χ2v) is 6.35. The Labute approximate surface area is 123 Å². The fraction of sp³-hybridized carbons (Fsp3) is 0.286. The molecular formula is C14H14BrF2NS. The van der Waals surface area contributed by atoms with Crippen LogP contribution in [-0.2, 0) is 0 Å². The average Bonchev–Trinajstić information content (AvgIpc) is 2.67. The Bertz CT molecular complexity index is 563. The first-order valence-electron chi connectivity index (χ1n) is 5.97. The van der Waals surface area contributed by atoms with Crippen molar-refractivity contribution in [3.8, 4) is 0 Å². The highest BCUT2D eigenvalue weighted by atomic mass is 79.9. The van der Waals surface area contributed by atoms with Crippen molar-refractivity contribution in [2.75, 3.05) is 6.54 Å². The molecule has 1 heterocycles. The molecule has 0 radical (unpaired) electrons. The van der Waals surface area contributed by atoms with E-state index >= 15 is 0 Å². The van der Waals surface area contributed by atoms with E-state index in [2.05, 4.69) is 21.2 Å². The highest BCUT2D eigenvalue weighted by Gasteiger charge is 2.20. The number of rotatable bonds is 4. The second-order valence-electron chi connectivity index (χ2n) is 4.21. The van der Waals surface area contributed by atoms with Crippen LogP contribution < -0.4 is 5.32 Å². The van der Waals surface area contributed by atoms with Gasteiger partial charge in [-0.1, -0.05) is 13.0 Å². The summed E-state index contributed by atoms with van der Waals surface area (Å²) in [6.45, 7) is 4.67. The zero-order valence-electron chi connectivity index (χ0n) is 10.6. The molecule has 2 rings (SSSR count). The molecule has 0 aliphatic carbocycles. The Balaban J connectivity index is 2.44. The Morgan fingerprint density at radius 3 is 2.58 bits per heavy atom. The minimum absolute atomic E-state index is 0.249. The highest BCUT2D eigenvalue weighted by molar-refractivity contribution is 9.10. The summed E-state index contributed by atoms with van der Waals surface area (Å²) < 4.78 is 27.9. The van der Waals surface area contributed by atoms with Gasteiger partial charge in [-0.3, -0.25) is 0 Å². The van der Waals surface area contributed by atoms with Gasteiger partial charge < -0.3 is 5.32 Å². The van der Waals surface area contributed by atoms with Crippen LogP contribution in [0.1, 0.15) is 28.3 Å². The fourth-order valence-corrected chi connectivity index (χ4v) is 3.58. The van der Waals surface area contributed by atoms with Gasteiger partial charge in [-0.15, -0.1) is 11.3 Å². The molecule has 102 valence electrons. The fourth-order valence-electron chi connectivity index (χ4n) is 1.93. The highest BCUT2D eigenvalue weighted by Crippen LogP contribution is 2.34. The lowest BCUT2D eigenvalue weighted by Gasteiger charge is -2.17. The summed E-state index contributed by atoms with van der Waals surface area (Å²) in [7, 11) is 0. The minimum Gasteiger partial charge on any atom is -0.306 e. The summed E-state index contributed by atoms with van der Waals surface area (Å²) in [5.74, 6) is -1.08. The summed E-state index contributed by atoms with van der Waals surface area (Å²) in [5, 5.41) is 3.24. The van der Waals surface area contributed by atoms with E-state index in [1.807, 2.05) is 19.9 Å². The monoisotopic (exact) mass is 345 g/mol. The van der Waals surface area contributed by atoms with Crippen LogP contribution in [0.5, 0.6) is 0 Å². The van der Waals surface area contributed by atoms with Gasteiger partial charge in [0, 0.05) is 25.9 Å². The third-order valence-electron chi connectivity index (χ3n) is 2.84. The van der Waals surface area contributed by atoms with Crippen LogP contribution in [0.15, 0.2) is 28.7 Å². The molecule has 0 aliphatic heterocycles. The zero-order chi connectivity index (χ0) is 14.0. The molecule has 0 amide bonds. The maximum absolute atomic E-state index is 13.9. The van der Waals surface area contributed by atoms with E-state index in [4.69, 9.17) is 0 Å². The van der Waals surface area contributed by atoms with E-state index in [-0.39, 0.29) is 6.04 Å². The average molecular weight is 346 g/mol. The van der Waals surface area contributed by atoms with Gasteiger partial charge in [-0.2, -0.15) is 0 Å². The van der Waals surface area contributed by atoms with Crippen LogP contribution in [-0.4, -0.2) is 6.54 Å². The van der Waals surface area contributed by atoms with Crippen molar-refractivity contribution < 1.29 is 8.78 Å². The lowest BCUT2D eigenvalue weighted by Crippen LogP contribution is -2.22. The van der Waals surface area contributed by atoms with Crippen molar-refractivity contribution in [3.63, 3.8) is 0 Å². The van der Waals surface area contributed by atoms with Crippen molar-refractivity contribution >= 4 is 27.3 Å². The molecular weight excluding hydrogens is 332 g/mol. The third kappa shape index (κ3) is 3.22. The number of thiophene rings is 1. The summed E-state index contributed by atoms with van der Waals surface area (Å²) >= 11 is 5.07. The van der Waals surface area contributed by atoms with Crippen LogP contribution in [0, 0.1) is 18.6 Å². The number of hydrogen-bond donors (Lipinski definition) is 1. The Kier molecular flexibility index (Phi) is 4.71. The first-order chi connectivity index (χ1) is 9.02. The van der Waals surface area contributed by atoms with E-state index in [1.54, 1.807) is 11.3 Å². The number of hydrogen-bond acceptors (Lipinski definition) is 2. The molecule has 19 heavy (non-hydrogen) atoms. The Hall–Kier alpha value is -0.780. The molecule has 0 aliphatic rings. The SMILES string of the molecule is CCNC(c1cc(Br)c(C)s1)c1ccc(F)cc1F. The van der Waals surface area contributed by atoms with Crippen LogP contribution in [0.25, 0.3) is 0 Å². The first kappa shape index (κ1) is 14.6. The van der Waals surface area contributed by atoms with Gasteiger partial charge in [0.25, 0.3) is 0 Å². The summed E-state index contributed by atoms with van der Waals surface area (Å²) in [4.78, 5) is 2.15. The summed E-state index contributed by atoms with van der Waals surface area (Å²) in [5.41, 5.74) is 0.469. The smallest absolute Gasteiger partial charge is 0.131 e. The maximum Gasteiger partial charge on any atom is 0.131 e. The zero-order valence-corrected chi connectivity index (χ0v) is 13.0. The van der Waals surface area contributed by atoms with E-state index in [0.717, 1.165) is 20.3 Å². The largest absolute Gasteiger partial charge is 0.306 e. The van der Waals surface area contributed by atoms with Crippen molar-refractivity contribution in [3.05, 3.63) is 55.7 Å². The van der Waals surface area contributed by atoms with Gasteiger partial charge in [-0.25, -0.2) is 8.78 Å². The summed E-state index contributed by atoms with van der Waals surface area (Å²) in [6, 6.07) is 5.45. The molecule has 1 nitrogen and oxygen atoms in total. The standard InChI is InChI=1S/C14H14BrF2NS/c1-3-18-14(13-7-11(15)8(2)19-13)10-5-4-9(16)6-12(10)17/h4-7,14,18H,3H2,1-2H3. The van der Waals surface area contributed by atoms with Crippen LogP contribution in [0.4, 0.5) is 8.78 Å². The lowest BCUT2D eigenvalue weighted by molar-refractivity contribution is 0.544.